The summed E-state index contributed by atoms with van der Waals surface area (Å²) in [7, 11) is 0. The van der Waals surface area contributed by atoms with E-state index in [1.165, 1.54) is 29.0 Å². The molecule has 0 aliphatic heterocycles. The molecule has 1 heterocycles. The third kappa shape index (κ3) is 1.99. The lowest BCUT2D eigenvalue weighted by atomic mass is 9.84. The molecular formula is C14H19NS. The Morgan fingerprint density at radius 3 is 2.62 bits per heavy atom. The monoisotopic (exact) mass is 233 g/mol. The highest BCUT2D eigenvalue weighted by molar-refractivity contribution is 7.18. The number of rotatable bonds is 4. The molecular weight excluding hydrogens is 214 g/mol. The SMILES string of the molecule is CCCC(C)(CC)c1nc2ccccc2s1. The van der Waals surface area contributed by atoms with Gasteiger partial charge in [-0.1, -0.05) is 39.3 Å². The number of benzene rings is 1. The van der Waals surface area contributed by atoms with Gasteiger partial charge in [0.15, 0.2) is 0 Å². The molecule has 0 spiro atoms. The minimum Gasteiger partial charge on any atom is -0.241 e. The van der Waals surface area contributed by atoms with Crippen molar-refractivity contribution in [1.82, 2.24) is 4.98 Å². The first-order valence-corrected chi connectivity index (χ1v) is 6.87. The van der Waals surface area contributed by atoms with Crippen molar-refractivity contribution >= 4 is 21.6 Å². The van der Waals surface area contributed by atoms with Crippen molar-refractivity contribution in [2.24, 2.45) is 0 Å². The maximum Gasteiger partial charge on any atom is 0.0997 e. The molecule has 0 saturated carbocycles. The van der Waals surface area contributed by atoms with E-state index in [4.69, 9.17) is 4.98 Å². The number of hydrogen-bond acceptors (Lipinski definition) is 2. The van der Waals surface area contributed by atoms with Crippen LogP contribution in [0.1, 0.15) is 45.0 Å². The van der Waals surface area contributed by atoms with E-state index in [0.717, 1.165) is 5.52 Å². The van der Waals surface area contributed by atoms with Crippen LogP contribution in [0.3, 0.4) is 0 Å². The van der Waals surface area contributed by atoms with Crippen LogP contribution in [0.25, 0.3) is 10.2 Å². The molecule has 1 atom stereocenters. The van der Waals surface area contributed by atoms with Crippen molar-refractivity contribution < 1.29 is 0 Å². The summed E-state index contributed by atoms with van der Waals surface area (Å²) >= 11 is 1.86. The van der Waals surface area contributed by atoms with Crippen LogP contribution in [0.15, 0.2) is 24.3 Å². The highest BCUT2D eigenvalue weighted by atomic mass is 32.1. The van der Waals surface area contributed by atoms with Crippen LogP contribution in [0.4, 0.5) is 0 Å². The Kier molecular flexibility index (Phi) is 3.29. The summed E-state index contributed by atoms with van der Waals surface area (Å²) in [5.41, 5.74) is 1.41. The second-order valence-corrected chi connectivity index (χ2v) is 5.68. The van der Waals surface area contributed by atoms with Crippen LogP contribution < -0.4 is 0 Å². The topological polar surface area (TPSA) is 12.9 Å². The van der Waals surface area contributed by atoms with Gasteiger partial charge in [-0.25, -0.2) is 4.98 Å². The van der Waals surface area contributed by atoms with E-state index in [-0.39, 0.29) is 5.41 Å². The molecule has 0 aliphatic rings. The first-order valence-electron chi connectivity index (χ1n) is 6.05. The summed E-state index contributed by atoms with van der Waals surface area (Å²) in [6.07, 6.45) is 3.62. The lowest BCUT2D eigenvalue weighted by molar-refractivity contribution is 0.412. The number of para-hydroxylation sites is 1. The molecule has 16 heavy (non-hydrogen) atoms. The van der Waals surface area contributed by atoms with Crippen molar-refractivity contribution in [3.05, 3.63) is 29.3 Å². The molecule has 2 heteroatoms. The zero-order valence-electron chi connectivity index (χ0n) is 10.3. The molecule has 86 valence electrons. The average molecular weight is 233 g/mol. The molecule has 0 saturated heterocycles. The first kappa shape index (κ1) is 11.6. The van der Waals surface area contributed by atoms with Gasteiger partial charge < -0.3 is 0 Å². The molecule has 1 aromatic carbocycles. The van der Waals surface area contributed by atoms with Crippen molar-refractivity contribution in [3.63, 3.8) is 0 Å². The van der Waals surface area contributed by atoms with Crippen LogP contribution >= 0.6 is 11.3 Å². The van der Waals surface area contributed by atoms with E-state index in [9.17, 15) is 0 Å². The molecule has 0 bridgehead atoms. The number of nitrogens with zero attached hydrogens (tertiary/aromatic N) is 1. The summed E-state index contributed by atoms with van der Waals surface area (Å²) in [5.74, 6) is 0. The normalized spacial score (nSPS) is 15.2. The fourth-order valence-corrected chi connectivity index (χ4v) is 3.33. The highest BCUT2D eigenvalue weighted by Gasteiger charge is 2.27. The highest BCUT2D eigenvalue weighted by Crippen LogP contribution is 2.37. The Hall–Kier alpha value is -0.890. The summed E-state index contributed by atoms with van der Waals surface area (Å²) < 4.78 is 1.31. The van der Waals surface area contributed by atoms with Gasteiger partial charge in [-0.3, -0.25) is 0 Å². The molecule has 0 amide bonds. The van der Waals surface area contributed by atoms with Gasteiger partial charge in [-0.2, -0.15) is 0 Å². The summed E-state index contributed by atoms with van der Waals surface area (Å²) in [4.78, 5) is 4.79. The third-order valence-corrected chi connectivity index (χ3v) is 4.73. The molecule has 0 radical (unpaired) electrons. The maximum atomic E-state index is 4.79. The van der Waals surface area contributed by atoms with Crippen molar-refractivity contribution in [2.45, 2.75) is 45.4 Å². The standard InChI is InChI=1S/C14H19NS/c1-4-10-14(3,5-2)13-15-11-8-6-7-9-12(11)16-13/h6-9H,4-5,10H2,1-3H3. The lowest BCUT2D eigenvalue weighted by Gasteiger charge is -2.24. The van der Waals surface area contributed by atoms with Crippen LogP contribution in [0.5, 0.6) is 0 Å². The van der Waals surface area contributed by atoms with Gasteiger partial charge >= 0.3 is 0 Å². The van der Waals surface area contributed by atoms with Gasteiger partial charge in [0, 0.05) is 5.41 Å². The van der Waals surface area contributed by atoms with Gasteiger partial charge in [0.2, 0.25) is 0 Å². The zero-order chi connectivity index (χ0) is 11.6. The molecule has 0 fully saturated rings. The maximum absolute atomic E-state index is 4.79. The van der Waals surface area contributed by atoms with E-state index < -0.39 is 0 Å². The molecule has 0 aliphatic carbocycles. The number of fused-ring (bicyclic) bond motifs is 1. The quantitative estimate of drug-likeness (QED) is 0.741. The number of hydrogen-bond donors (Lipinski definition) is 0. The number of thiazole rings is 1. The third-order valence-electron chi connectivity index (χ3n) is 3.39. The molecule has 1 nitrogen and oxygen atoms in total. The van der Waals surface area contributed by atoms with Crippen LogP contribution in [-0.2, 0) is 5.41 Å². The van der Waals surface area contributed by atoms with Crippen LogP contribution in [-0.4, -0.2) is 4.98 Å². The van der Waals surface area contributed by atoms with Crippen LogP contribution in [0, 0.1) is 0 Å². The van der Waals surface area contributed by atoms with E-state index in [2.05, 4.69) is 45.0 Å². The van der Waals surface area contributed by atoms with Gasteiger partial charge in [0.05, 0.1) is 15.2 Å². The summed E-state index contributed by atoms with van der Waals surface area (Å²) in [6, 6.07) is 8.43. The predicted molar refractivity (Wildman–Crippen MR) is 72.2 cm³/mol. The van der Waals surface area contributed by atoms with Gasteiger partial charge in [-0.15, -0.1) is 11.3 Å². The molecule has 2 aromatic rings. The first-order chi connectivity index (χ1) is 7.69. The van der Waals surface area contributed by atoms with Gasteiger partial charge in [0.1, 0.15) is 0 Å². The Morgan fingerprint density at radius 1 is 1.25 bits per heavy atom. The molecule has 1 unspecified atom stereocenters. The van der Waals surface area contributed by atoms with Gasteiger partial charge in [-0.05, 0) is 25.0 Å². The molecule has 2 rings (SSSR count). The van der Waals surface area contributed by atoms with E-state index >= 15 is 0 Å². The second-order valence-electron chi connectivity index (χ2n) is 4.65. The molecule has 0 N–H and O–H groups in total. The Labute approximate surface area is 102 Å². The zero-order valence-corrected chi connectivity index (χ0v) is 11.1. The summed E-state index contributed by atoms with van der Waals surface area (Å²) in [5, 5.41) is 1.30. The van der Waals surface area contributed by atoms with E-state index in [1.54, 1.807) is 0 Å². The van der Waals surface area contributed by atoms with Crippen LogP contribution in [0.2, 0.25) is 0 Å². The van der Waals surface area contributed by atoms with Crippen molar-refractivity contribution in [2.75, 3.05) is 0 Å². The molecule has 1 aromatic heterocycles. The second kappa shape index (κ2) is 4.54. The van der Waals surface area contributed by atoms with Crippen molar-refractivity contribution in [3.8, 4) is 0 Å². The Bertz CT molecular complexity index is 441. The smallest absolute Gasteiger partial charge is 0.0997 e. The Balaban J connectivity index is 2.45. The van der Waals surface area contributed by atoms with Gasteiger partial charge in [0.25, 0.3) is 0 Å². The minimum atomic E-state index is 0.262. The van der Waals surface area contributed by atoms with E-state index in [1.807, 2.05) is 11.3 Å². The lowest BCUT2D eigenvalue weighted by Crippen LogP contribution is -2.20. The fourth-order valence-electron chi connectivity index (χ4n) is 2.12. The van der Waals surface area contributed by atoms with Crippen molar-refractivity contribution in [1.29, 1.82) is 0 Å². The van der Waals surface area contributed by atoms with E-state index in [0.29, 0.717) is 0 Å². The fraction of sp³-hybridized carbons (Fsp3) is 0.500. The number of aromatic nitrogens is 1. The largest absolute Gasteiger partial charge is 0.241 e. The summed E-state index contributed by atoms with van der Waals surface area (Å²) in [6.45, 7) is 6.86. The average Bonchev–Trinajstić information content (AvgIpc) is 2.73. The Morgan fingerprint density at radius 2 is 2.00 bits per heavy atom. The minimum absolute atomic E-state index is 0.262. The predicted octanol–water partition coefficient (Wildman–Crippen LogP) is 4.76.